The molecule has 2 N–H and O–H groups in total. The molecule has 0 spiro atoms. The number of pyridine rings is 1. The Balaban J connectivity index is 1.63. The number of hydrogen-bond donors (Lipinski definition) is 2. The number of carbonyl (C=O) groups is 1. The van der Waals surface area contributed by atoms with E-state index in [9.17, 15) is 4.79 Å². The number of para-hydroxylation sites is 1. The highest BCUT2D eigenvalue weighted by Gasteiger charge is 2.10. The average Bonchev–Trinajstić information content (AvgIpc) is 2.71. The van der Waals surface area contributed by atoms with E-state index in [0.29, 0.717) is 5.69 Å². The molecule has 3 aromatic rings. The summed E-state index contributed by atoms with van der Waals surface area (Å²) in [6.07, 6.45) is 2.46. The van der Waals surface area contributed by atoms with Gasteiger partial charge < -0.3 is 15.4 Å². The molecule has 3 rings (SSSR count). The molecule has 5 heteroatoms. The second-order valence-electron chi connectivity index (χ2n) is 6.69. The van der Waals surface area contributed by atoms with E-state index in [2.05, 4.69) is 21.7 Å². The lowest BCUT2D eigenvalue weighted by atomic mass is 10.1. The zero-order valence-electron chi connectivity index (χ0n) is 16.5. The molecular formula is C23H25N3O2. The van der Waals surface area contributed by atoms with Crippen molar-refractivity contribution in [1.82, 2.24) is 4.98 Å². The maximum atomic E-state index is 12.6. The van der Waals surface area contributed by atoms with Crippen LogP contribution in [0.1, 0.15) is 27.2 Å². The van der Waals surface area contributed by atoms with Crippen LogP contribution in [0.25, 0.3) is 0 Å². The van der Waals surface area contributed by atoms with Gasteiger partial charge in [-0.15, -0.1) is 0 Å². The molecular weight excluding hydrogens is 350 g/mol. The van der Waals surface area contributed by atoms with Crippen molar-refractivity contribution in [2.45, 2.75) is 20.3 Å². The van der Waals surface area contributed by atoms with Crippen molar-refractivity contribution in [3.8, 4) is 5.75 Å². The monoisotopic (exact) mass is 375 g/mol. The summed E-state index contributed by atoms with van der Waals surface area (Å²) in [6.45, 7) is 4.69. The summed E-state index contributed by atoms with van der Waals surface area (Å²) < 4.78 is 5.38. The SMILES string of the molecule is COc1ccccc1CCNc1ccnc(C(=O)Nc2cc(C)ccc2C)c1. The summed E-state index contributed by atoms with van der Waals surface area (Å²) in [4.78, 5) is 16.8. The van der Waals surface area contributed by atoms with E-state index in [1.165, 1.54) is 0 Å². The van der Waals surface area contributed by atoms with Crippen LogP contribution in [0.4, 0.5) is 11.4 Å². The van der Waals surface area contributed by atoms with E-state index >= 15 is 0 Å². The minimum absolute atomic E-state index is 0.220. The molecule has 1 amide bonds. The van der Waals surface area contributed by atoms with Crippen LogP contribution in [0.15, 0.2) is 60.8 Å². The molecule has 1 aromatic heterocycles. The Morgan fingerprint density at radius 2 is 1.89 bits per heavy atom. The number of aryl methyl sites for hydroxylation is 2. The molecule has 5 nitrogen and oxygen atoms in total. The predicted octanol–water partition coefficient (Wildman–Crippen LogP) is 4.61. The molecule has 2 aromatic carbocycles. The van der Waals surface area contributed by atoms with Crippen molar-refractivity contribution in [1.29, 1.82) is 0 Å². The molecule has 28 heavy (non-hydrogen) atoms. The van der Waals surface area contributed by atoms with E-state index in [1.54, 1.807) is 19.4 Å². The summed E-state index contributed by atoms with van der Waals surface area (Å²) in [5, 5.41) is 6.29. The lowest BCUT2D eigenvalue weighted by Gasteiger charge is -2.11. The zero-order valence-corrected chi connectivity index (χ0v) is 16.5. The second-order valence-corrected chi connectivity index (χ2v) is 6.69. The van der Waals surface area contributed by atoms with Gasteiger partial charge in [0, 0.05) is 24.1 Å². The highest BCUT2D eigenvalue weighted by atomic mass is 16.5. The molecule has 0 radical (unpaired) electrons. The highest BCUT2D eigenvalue weighted by Crippen LogP contribution is 2.19. The normalized spacial score (nSPS) is 10.4. The zero-order chi connectivity index (χ0) is 19.9. The first kappa shape index (κ1) is 19.4. The van der Waals surface area contributed by atoms with E-state index in [4.69, 9.17) is 4.74 Å². The maximum absolute atomic E-state index is 12.6. The van der Waals surface area contributed by atoms with Crippen LogP contribution in [0.3, 0.4) is 0 Å². The van der Waals surface area contributed by atoms with Crippen LogP contribution in [-0.2, 0) is 6.42 Å². The Morgan fingerprint density at radius 1 is 1.07 bits per heavy atom. The third-order valence-corrected chi connectivity index (χ3v) is 4.55. The van der Waals surface area contributed by atoms with Crippen molar-refractivity contribution in [3.63, 3.8) is 0 Å². The number of methoxy groups -OCH3 is 1. The number of amides is 1. The topological polar surface area (TPSA) is 63.2 Å². The predicted molar refractivity (Wildman–Crippen MR) is 113 cm³/mol. The van der Waals surface area contributed by atoms with Crippen LogP contribution in [0.5, 0.6) is 5.75 Å². The molecule has 0 atom stereocenters. The third-order valence-electron chi connectivity index (χ3n) is 4.55. The first-order valence-electron chi connectivity index (χ1n) is 9.27. The Bertz CT molecular complexity index is 970. The molecule has 0 fully saturated rings. The van der Waals surface area contributed by atoms with Crippen molar-refractivity contribution in [2.75, 3.05) is 24.3 Å². The Morgan fingerprint density at radius 3 is 2.71 bits per heavy atom. The summed E-state index contributed by atoms with van der Waals surface area (Å²) >= 11 is 0. The quantitative estimate of drug-likeness (QED) is 0.633. The molecule has 0 aliphatic rings. The van der Waals surface area contributed by atoms with Crippen LogP contribution in [0, 0.1) is 13.8 Å². The van der Waals surface area contributed by atoms with Gasteiger partial charge in [-0.25, -0.2) is 0 Å². The minimum Gasteiger partial charge on any atom is -0.496 e. The molecule has 0 aliphatic heterocycles. The summed E-state index contributed by atoms with van der Waals surface area (Å²) in [7, 11) is 1.68. The van der Waals surface area contributed by atoms with Crippen LogP contribution in [-0.4, -0.2) is 24.5 Å². The number of anilines is 2. The van der Waals surface area contributed by atoms with Gasteiger partial charge in [0.25, 0.3) is 5.91 Å². The molecule has 0 saturated heterocycles. The Kier molecular flexibility index (Phi) is 6.27. The smallest absolute Gasteiger partial charge is 0.274 e. The lowest BCUT2D eigenvalue weighted by molar-refractivity contribution is 0.102. The van der Waals surface area contributed by atoms with Gasteiger partial charge in [-0.05, 0) is 61.2 Å². The van der Waals surface area contributed by atoms with E-state index in [0.717, 1.165) is 46.8 Å². The Hall–Kier alpha value is -3.34. The van der Waals surface area contributed by atoms with Crippen LogP contribution < -0.4 is 15.4 Å². The maximum Gasteiger partial charge on any atom is 0.274 e. The number of nitrogens with one attached hydrogen (secondary N) is 2. The molecule has 1 heterocycles. The van der Waals surface area contributed by atoms with Gasteiger partial charge in [-0.1, -0.05) is 30.3 Å². The number of benzene rings is 2. The number of aromatic nitrogens is 1. The summed E-state index contributed by atoms with van der Waals surface area (Å²) in [5.74, 6) is 0.662. The van der Waals surface area contributed by atoms with Gasteiger partial charge >= 0.3 is 0 Å². The second kappa shape index (κ2) is 9.04. The van der Waals surface area contributed by atoms with Crippen LogP contribution >= 0.6 is 0 Å². The fraction of sp³-hybridized carbons (Fsp3) is 0.217. The first-order chi connectivity index (χ1) is 13.6. The molecule has 0 saturated carbocycles. The number of hydrogen-bond acceptors (Lipinski definition) is 4. The Labute approximate surface area is 165 Å². The van der Waals surface area contributed by atoms with Gasteiger partial charge in [0.1, 0.15) is 11.4 Å². The average molecular weight is 375 g/mol. The molecule has 0 aliphatic carbocycles. The number of rotatable bonds is 7. The van der Waals surface area contributed by atoms with Crippen molar-refractivity contribution in [3.05, 3.63) is 83.2 Å². The summed E-state index contributed by atoms with van der Waals surface area (Å²) in [5.41, 5.74) is 5.30. The molecule has 144 valence electrons. The van der Waals surface area contributed by atoms with Gasteiger partial charge in [-0.2, -0.15) is 0 Å². The van der Waals surface area contributed by atoms with E-state index in [1.807, 2.05) is 56.3 Å². The largest absolute Gasteiger partial charge is 0.496 e. The van der Waals surface area contributed by atoms with E-state index in [-0.39, 0.29) is 5.91 Å². The standard InChI is InChI=1S/C23H25N3O2/c1-16-8-9-17(2)20(14-16)26-23(27)21-15-19(11-13-25-21)24-12-10-18-6-4-5-7-22(18)28-3/h4-9,11,13-15H,10,12H2,1-3H3,(H,24,25)(H,26,27). The minimum atomic E-state index is -0.220. The number of carbonyl (C=O) groups excluding carboxylic acids is 1. The van der Waals surface area contributed by atoms with Crippen molar-refractivity contribution in [2.24, 2.45) is 0 Å². The fourth-order valence-electron chi connectivity index (χ4n) is 2.97. The number of ether oxygens (including phenoxy) is 1. The highest BCUT2D eigenvalue weighted by molar-refractivity contribution is 6.03. The van der Waals surface area contributed by atoms with Gasteiger partial charge in [0.15, 0.2) is 0 Å². The van der Waals surface area contributed by atoms with Crippen molar-refractivity contribution >= 4 is 17.3 Å². The lowest BCUT2D eigenvalue weighted by Crippen LogP contribution is -2.15. The third kappa shape index (κ3) is 4.88. The number of nitrogens with zero attached hydrogens (tertiary/aromatic N) is 1. The first-order valence-corrected chi connectivity index (χ1v) is 9.27. The summed E-state index contributed by atoms with van der Waals surface area (Å²) in [6, 6.07) is 17.6. The molecule has 0 bridgehead atoms. The van der Waals surface area contributed by atoms with Gasteiger partial charge in [0.2, 0.25) is 0 Å². The van der Waals surface area contributed by atoms with Crippen LogP contribution in [0.2, 0.25) is 0 Å². The van der Waals surface area contributed by atoms with Gasteiger partial charge in [0.05, 0.1) is 7.11 Å². The van der Waals surface area contributed by atoms with E-state index < -0.39 is 0 Å². The fourth-order valence-corrected chi connectivity index (χ4v) is 2.97. The van der Waals surface area contributed by atoms with Crippen molar-refractivity contribution < 1.29 is 9.53 Å². The van der Waals surface area contributed by atoms with Gasteiger partial charge in [-0.3, -0.25) is 9.78 Å². The molecule has 0 unspecified atom stereocenters.